The van der Waals surface area contributed by atoms with E-state index in [1.807, 2.05) is 45.9 Å². The van der Waals surface area contributed by atoms with Gasteiger partial charge in [-0.15, -0.1) is 0 Å². The second-order valence-electron chi connectivity index (χ2n) is 5.90. The van der Waals surface area contributed by atoms with Crippen molar-refractivity contribution in [3.05, 3.63) is 34.9 Å². The van der Waals surface area contributed by atoms with Crippen molar-refractivity contribution in [1.82, 2.24) is 4.90 Å². The fourth-order valence-corrected chi connectivity index (χ4v) is 2.68. The van der Waals surface area contributed by atoms with Crippen molar-refractivity contribution in [2.24, 2.45) is 0 Å². The van der Waals surface area contributed by atoms with Crippen LogP contribution in [0.1, 0.15) is 41.8 Å². The lowest BCUT2D eigenvalue weighted by Gasteiger charge is -2.31. The minimum absolute atomic E-state index is 0.0257. The number of amides is 1. The van der Waals surface area contributed by atoms with E-state index >= 15 is 0 Å². The molecule has 3 heteroatoms. The summed E-state index contributed by atoms with van der Waals surface area (Å²) in [6.07, 6.45) is 0.234. The molecule has 1 aliphatic heterocycles. The molecule has 1 N–H and O–H groups in total. The molecular weight excluding hydrogens is 226 g/mol. The molecule has 1 heterocycles. The normalized spacial score (nSPS) is 22.3. The van der Waals surface area contributed by atoms with E-state index in [9.17, 15) is 9.90 Å². The van der Waals surface area contributed by atoms with Crippen LogP contribution >= 0.6 is 0 Å². The van der Waals surface area contributed by atoms with Crippen molar-refractivity contribution >= 4 is 5.91 Å². The third-order valence-corrected chi connectivity index (χ3v) is 3.73. The molecule has 1 amide bonds. The number of aliphatic hydroxyl groups is 1. The summed E-state index contributed by atoms with van der Waals surface area (Å²) in [6, 6.07) is 5.91. The van der Waals surface area contributed by atoms with E-state index in [0.29, 0.717) is 13.0 Å². The maximum atomic E-state index is 12.6. The van der Waals surface area contributed by atoms with Crippen LogP contribution in [0.3, 0.4) is 0 Å². The van der Waals surface area contributed by atoms with Gasteiger partial charge in [-0.1, -0.05) is 17.7 Å². The van der Waals surface area contributed by atoms with Gasteiger partial charge in [0.1, 0.15) is 0 Å². The Balaban J connectivity index is 2.34. The van der Waals surface area contributed by atoms with Gasteiger partial charge in [0.15, 0.2) is 0 Å². The van der Waals surface area contributed by atoms with Crippen molar-refractivity contribution in [3.8, 4) is 0 Å². The van der Waals surface area contributed by atoms with Crippen LogP contribution in [0.25, 0.3) is 0 Å². The van der Waals surface area contributed by atoms with Crippen molar-refractivity contribution in [3.63, 3.8) is 0 Å². The third-order valence-electron chi connectivity index (χ3n) is 3.73. The molecule has 1 unspecified atom stereocenters. The number of aliphatic hydroxyl groups excluding tert-OH is 1. The summed E-state index contributed by atoms with van der Waals surface area (Å²) >= 11 is 0. The Hall–Kier alpha value is -1.35. The third kappa shape index (κ3) is 2.27. The number of aryl methyl sites for hydroxylation is 2. The number of likely N-dealkylation sites (tertiary alicyclic amines) is 1. The van der Waals surface area contributed by atoms with E-state index < -0.39 is 6.10 Å². The minimum Gasteiger partial charge on any atom is -0.391 e. The molecule has 1 aromatic rings. The van der Waals surface area contributed by atoms with Gasteiger partial charge in [0.25, 0.3) is 5.91 Å². The average molecular weight is 247 g/mol. The smallest absolute Gasteiger partial charge is 0.254 e. The van der Waals surface area contributed by atoms with Gasteiger partial charge in [-0.05, 0) is 45.7 Å². The van der Waals surface area contributed by atoms with Gasteiger partial charge >= 0.3 is 0 Å². The van der Waals surface area contributed by atoms with Crippen molar-refractivity contribution in [2.75, 3.05) is 6.54 Å². The number of benzene rings is 1. The van der Waals surface area contributed by atoms with Crippen LogP contribution in [0.5, 0.6) is 0 Å². The molecule has 3 nitrogen and oxygen atoms in total. The molecule has 0 saturated carbocycles. The standard InChI is InChI=1S/C15H21NO2/c1-10-5-6-11(2)13(7-10)14(18)16-9-12(17)8-15(16,3)4/h5-7,12,17H,8-9H2,1-4H3. The van der Waals surface area contributed by atoms with Crippen molar-refractivity contribution in [2.45, 2.75) is 45.8 Å². The first kappa shape index (κ1) is 13.1. The predicted octanol–water partition coefficient (Wildman–Crippen LogP) is 2.29. The summed E-state index contributed by atoms with van der Waals surface area (Å²) in [5.74, 6) is 0.0257. The Morgan fingerprint density at radius 2 is 2.06 bits per heavy atom. The lowest BCUT2D eigenvalue weighted by Crippen LogP contribution is -2.43. The van der Waals surface area contributed by atoms with Gasteiger partial charge in [0.2, 0.25) is 0 Å². The molecule has 1 fully saturated rings. The first-order chi connectivity index (χ1) is 8.31. The van der Waals surface area contributed by atoms with Gasteiger partial charge in [-0.3, -0.25) is 4.79 Å². The maximum Gasteiger partial charge on any atom is 0.254 e. The first-order valence-electron chi connectivity index (χ1n) is 6.38. The SMILES string of the molecule is Cc1ccc(C)c(C(=O)N2CC(O)CC2(C)C)c1. The van der Waals surface area contributed by atoms with E-state index in [4.69, 9.17) is 0 Å². The molecule has 0 bridgehead atoms. The number of rotatable bonds is 1. The fraction of sp³-hybridized carbons (Fsp3) is 0.533. The highest BCUT2D eigenvalue weighted by atomic mass is 16.3. The molecule has 18 heavy (non-hydrogen) atoms. The zero-order valence-corrected chi connectivity index (χ0v) is 11.5. The highest BCUT2D eigenvalue weighted by Gasteiger charge is 2.40. The molecular formula is C15H21NO2. The van der Waals surface area contributed by atoms with Crippen molar-refractivity contribution in [1.29, 1.82) is 0 Å². The van der Waals surface area contributed by atoms with Gasteiger partial charge in [0.05, 0.1) is 6.10 Å². The van der Waals surface area contributed by atoms with Crippen LogP contribution in [0.4, 0.5) is 0 Å². The molecule has 1 aromatic carbocycles. The van der Waals surface area contributed by atoms with Crippen LogP contribution in [0.15, 0.2) is 18.2 Å². The van der Waals surface area contributed by atoms with Gasteiger partial charge in [0, 0.05) is 17.6 Å². The highest BCUT2D eigenvalue weighted by Crippen LogP contribution is 2.30. The Morgan fingerprint density at radius 1 is 1.39 bits per heavy atom. The minimum atomic E-state index is -0.408. The molecule has 1 saturated heterocycles. The van der Waals surface area contributed by atoms with E-state index in [1.54, 1.807) is 4.90 Å². The number of carbonyl (C=O) groups is 1. The van der Waals surface area contributed by atoms with Crippen LogP contribution in [0.2, 0.25) is 0 Å². The second-order valence-corrected chi connectivity index (χ2v) is 5.90. The zero-order valence-electron chi connectivity index (χ0n) is 11.5. The largest absolute Gasteiger partial charge is 0.391 e. The molecule has 0 aliphatic carbocycles. The summed E-state index contributed by atoms with van der Waals surface area (Å²) < 4.78 is 0. The molecule has 1 atom stereocenters. The van der Waals surface area contributed by atoms with Crippen LogP contribution in [-0.4, -0.2) is 34.1 Å². The zero-order chi connectivity index (χ0) is 13.5. The number of nitrogens with zero attached hydrogens (tertiary/aromatic N) is 1. The maximum absolute atomic E-state index is 12.6. The first-order valence-corrected chi connectivity index (χ1v) is 6.38. The summed E-state index contributed by atoms with van der Waals surface area (Å²) in [6.45, 7) is 8.38. The summed E-state index contributed by atoms with van der Waals surface area (Å²) in [5, 5.41) is 9.76. The Morgan fingerprint density at radius 3 is 2.61 bits per heavy atom. The average Bonchev–Trinajstić information content (AvgIpc) is 2.54. The number of hydrogen-bond acceptors (Lipinski definition) is 2. The van der Waals surface area contributed by atoms with Gasteiger partial charge < -0.3 is 10.0 Å². The molecule has 0 aromatic heterocycles. The summed E-state index contributed by atoms with van der Waals surface area (Å²) in [7, 11) is 0. The van der Waals surface area contributed by atoms with Gasteiger partial charge in [-0.2, -0.15) is 0 Å². The fourth-order valence-electron chi connectivity index (χ4n) is 2.68. The number of β-amino-alcohol motifs (C(OH)–C–C–N with tert-alkyl or cyclic N) is 1. The molecule has 98 valence electrons. The molecule has 2 rings (SSSR count). The van der Waals surface area contributed by atoms with Gasteiger partial charge in [-0.25, -0.2) is 0 Å². The summed E-state index contributed by atoms with van der Waals surface area (Å²) in [5.41, 5.74) is 2.55. The van der Waals surface area contributed by atoms with Crippen LogP contribution in [0, 0.1) is 13.8 Å². The van der Waals surface area contributed by atoms with E-state index in [0.717, 1.165) is 16.7 Å². The van der Waals surface area contributed by atoms with E-state index in [1.165, 1.54) is 0 Å². The monoisotopic (exact) mass is 247 g/mol. The van der Waals surface area contributed by atoms with E-state index in [-0.39, 0.29) is 11.4 Å². The van der Waals surface area contributed by atoms with Crippen LogP contribution in [-0.2, 0) is 0 Å². The molecule has 1 aliphatic rings. The molecule has 0 spiro atoms. The van der Waals surface area contributed by atoms with E-state index in [2.05, 4.69) is 0 Å². The predicted molar refractivity (Wildman–Crippen MR) is 71.7 cm³/mol. The lowest BCUT2D eigenvalue weighted by molar-refractivity contribution is 0.0640. The topological polar surface area (TPSA) is 40.5 Å². The quantitative estimate of drug-likeness (QED) is 0.827. The van der Waals surface area contributed by atoms with Crippen molar-refractivity contribution < 1.29 is 9.90 Å². The Bertz CT molecular complexity index is 479. The number of hydrogen-bond donors (Lipinski definition) is 1. The Labute approximate surface area is 108 Å². The Kier molecular flexibility index (Phi) is 3.20. The highest BCUT2D eigenvalue weighted by molar-refractivity contribution is 5.96. The summed E-state index contributed by atoms with van der Waals surface area (Å²) in [4.78, 5) is 14.4. The lowest BCUT2D eigenvalue weighted by atomic mass is 9.99. The second kappa shape index (κ2) is 4.39. The van der Waals surface area contributed by atoms with Crippen LogP contribution < -0.4 is 0 Å². The number of carbonyl (C=O) groups excluding carboxylic acids is 1. The molecule has 0 radical (unpaired) electrons.